The molecule has 0 aliphatic heterocycles. The molecule has 0 spiro atoms. The van der Waals surface area contributed by atoms with E-state index in [1.807, 2.05) is 0 Å². The lowest BCUT2D eigenvalue weighted by atomic mass is 9.94. The quantitative estimate of drug-likeness (QED) is 0.120. The second-order valence-electron chi connectivity index (χ2n) is 14.6. The molecule has 1 heteroatoms. The molecule has 0 aromatic heterocycles. The van der Waals surface area contributed by atoms with Gasteiger partial charge in [-0.05, 0) is 123 Å². The van der Waals surface area contributed by atoms with Gasteiger partial charge in [0.15, 0.2) is 0 Å². The van der Waals surface area contributed by atoms with Gasteiger partial charge in [-0.25, -0.2) is 0 Å². The Bertz CT molecular complexity index is 2530. The van der Waals surface area contributed by atoms with Gasteiger partial charge >= 0.3 is 0 Å². The highest BCUT2D eigenvalue weighted by molar-refractivity contribution is 5.98. The van der Waals surface area contributed by atoms with Crippen molar-refractivity contribution < 1.29 is 0 Å². The highest BCUT2D eigenvalue weighted by Crippen LogP contribution is 2.37. The molecule has 56 heavy (non-hydrogen) atoms. The second-order valence-corrected chi connectivity index (χ2v) is 14.6. The SMILES string of the molecule is C\C=C/C=C(C)/C(=C\c1ccc(-c2ccccc2)cc1)CC(C)N(c1ccc(-c2cccc3ccccc23)cc1)c1ccc(-c2cccc3ccccc23)cc1. The number of fused-ring (bicyclic) bond motifs is 2. The first kappa shape index (κ1) is 36.3. The summed E-state index contributed by atoms with van der Waals surface area (Å²) in [6.07, 6.45) is 9.70. The maximum atomic E-state index is 2.51. The molecule has 0 bridgehead atoms. The molecular weight excluding hydrogens is 675 g/mol. The summed E-state index contributed by atoms with van der Waals surface area (Å²) in [5.74, 6) is 0. The number of nitrogens with zero attached hydrogens (tertiary/aromatic N) is 1. The van der Waals surface area contributed by atoms with E-state index in [0.717, 1.165) is 6.42 Å². The van der Waals surface area contributed by atoms with E-state index in [1.54, 1.807) is 0 Å². The summed E-state index contributed by atoms with van der Waals surface area (Å²) >= 11 is 0. The molecular formula is C55H47N. The minimum Gasteiger partial charge on any atom is -0.338 e. The van der Waals surface area contributed by atoms with Crippen molar-refractivity contribution >= 4 is 39.0 Å². The first-order chi connectivity index (χ1) is 27.6. The van der Waals surface area contributed by atoms with Gasteiger partial charge in [-0.3, -0.25) is 0 Å². The summed E-state index contributed by atoms with van der Waals surface area (Å²) in [6.45, 7) is 6.66. The van der Waals surface area contributed by atoms with Crippen LogP contribution in [0.3, 0.4) is 0 Å². The molecule has 272 valence electrons. The lowest BCUT2D eigenvalue weighted by Crippen LogP contribution is -2.29. The van der Waals surface area contributed by atoms with Crippen molar-refractivity contribution in [1.82, 2.24) is 0 Å². The predicted molar refractivity (Wildman–Crippen MR) is 243 cm³/mol. The average Bonchev–Trinajstić information content (AvgIpc) is 3.26. The molecule has 0 saturated heterocycles. The summed E-state index contributed by atoms with van der Waals surface area (Å²) in [5, 5.41) is 5.05. The molecule has 8 aromatic rings. The Hall–Kier alpha value is -6.70. The molecule has 1 unspecified atom stereocenters. The van der Waals surface area contributed by atoms with Crippen LogP contribution in [0.25, 0.3) is 61.0 Å². The van der Waals surface area contributed by atoms with Gasteiger partial charge in [-0.15, -0.1) is 0 Å². The lowest BCUT2D eigenvalue weighted by Gasteiger charge is -2.33. The zero-order chi connectivity index (χ0) is 38.3. The fraction of sp³-hybridized carbons (Fsp3) is 0.0909. The van der Waals surface area contributed by atoms with Crippen molar-refractivity contribution in [2.45, 2.75) is 33.2 Å². The molecule has 0 aliphatic carbocycles. The molecule has 0 N–H and O–H groups in total. The van der Waals surface area contributed by atoms with Crippen LogP contribution in [-0.2, 0) is 0 Å². The van der Waals surface area contributed by atoms with Gasteiger partial charge < -0.3 is 4.90 Å². The van der Waals surface area contributed by atoms with E-state index in [1.165, 1.54) is 83.0 Å². The zero-order valence-corrected chi connectivity index (χ0v) is 32.4. The van der Waals surface area contributed by atoms with Gasteiger partial charge in [0.25, 0.3) is 0 Å². The van der Waals surface area contributed by atoms with Crippen LogP contribution < -0.4 is 4.90 Å². The number of hydrogen-bond donors (Lipinski definition) is 0. The standard InChI is InChI=1S/C55H47N/c1-4-5-15-40(2)49(39-42-26-28-44(29-27-42)43-16-7-6-8-17-43)38-41(3)56(50-34-30-47(31-35-50)54-24-13-20-45-18-9-11-22-52(45)54)51-36-32-48(33-37-51)55-25-14-21-46-19-10-12-23-53(46)55/h4-37,39,41H,38H2,1-3H3/b5-4-,40-15+,49-39-. The molecule has 0 aliphatic rings. The fourth-order valence-electron chi connectivity index (χ4n) is 7.91. The molecule has 1 atom stereocenters. The summed E-state index contributed by atoms with van der Waals surface area (Å²) in [6, 6.07) is 68.4. The number of allylic oxidation sites excluding steroid dienone is 4. The van der Waals surface area contributed by atoms with Crippen LogP contribution in [0, 0.1) is 0 Å². The number of anilines is 2. The topological polar surface area (TPSA) is 3.24 Å². The zero-order valence-electron chi connectivity index (χ0n) is 32.4. The Morgan fingerprint density at radius 1 is 0.500 bits per heavy atom. The van der Waals surface area contributed by atoms with Gasteiger partial charge in [0.05, 0.1) is 0 Å². The molecule has 0 fully saturated rings. The highest BCUT2D eigenvalue weighted by Gasteiger charge is 2.20. The third kappa shape index (κ3) is 7.90. The van der Waals surface area contributed by atoms with Crippen molar-refractivity contribution in [1.29, 1.82) is 0 Å². The summed E-state index contributed by atoms with van der Waals surface area (Å²) < 4.78 is 0. The third-order valence-corrected chi connectivity index (χ3v) is 10.9. The highest BCUT2D eigenvalue weighted by atomic mass is 15.2. The Morgan fingerprint density at radius 3 is 1.50 bits per heavy atom. The maximum absolute atomic E-state index is 2.51. The molecule has 1 nitrogen and oxygen atoms in total. The first-order valence-corrected chi connectivity index (χ1v) is 19.7. The van der Waals surface area contributed by atoms with Crippen LogP contribution in [-0.4, -0.2) is 6.04 Å². The summed E-state index contributed by atoms with van der Waals surface area (Å²) in [7, 11) is 0. The molecule has 0 radical (unpaired) electrons. The normalized spacial score (nSPS) is 12.7. The third-order valence-electron chi connectivity index (χ3n) is 10.9. The monoisotopic (exact) mass is 721 g/mol. The van der Waals surface area contributed by atoms with Gasteiger partial charge in [-0.2, -0.15) is 0 Å². The average molecular weight is 722 g/mol. The van der Waals surface area contributed by atoms with Crippen molar-refractivity contribution in [2.75, 3.05) is 4.90 Å². The Balaban J connectivity index is 1.17. The van der Waals surface area contributed by atoms with E-state index in [-0.39, 0.29) is 6.04 Å². The predicted octanol–water partition coefficient (Wildman–Crippen LogP) is 15.5. The smallest absolute Gasteiger partial charge is 0.0413 e. The summed E-state index contributed by atoms with van der Waals surface area (Å²) in [5.41, 5.74) is 13.5. The van der Waals surface area contributed by atoms with E-state index >= 15 is 0 Å². The van der Waals surface area contributed by atoms with Crippen LogP contribution in [0.2, 0.25) is 0 Å². The van der Waals surface area contributed by atoms with Crippen LogP contribution in [0.5, 0.6) is 0 Å². The Kier molecular flexibility index (Phi) is 10.9. The van der Waals surface area contributed by atoms with Crippen LogP contribution in [0.1, 0.15) is 32.8 Å². The van der Waals surface area contributed by atoms with Gasteiger partial charge in [0.1, 0.15) is 0 Å². The Morgan fingerprint density at radius 2 is 0.964 bits per heavy atom. The molecule has 8 aromatic carbocycles. The van der Waals surface area contributed by atoms with Crippen molar-refractivity contribution in [3.05, 3.63) is 223 Å². The van der Waals surface area contributed by atoms with E-state index in [2.05, 4.69) is 238 Å². The number of benzene rings is 8. The maximum Gasteiger partial charge on any atom is 0.0413 e. The Labute approximate surface area is 332 Å². The second kappa shape index (κ2) is 16.8. The van der Waals surface area contributed by atoms with Crippen molar-refractivity contribution in [3.63, 3.8) is 0 Å². The van der Waals surface area contributed by atoms with Crippen LogP contribution in [0.4, 0.5) is 11.4 Å². The van der Waals surface area contributed by atoms with E-state index in [0.29, 0.717) is 0 Å². The minimum atomic E-state index is 0.144. The number of rotatable bonds is 11. The van der Waals surface area contributed by atoms with Crippen LogP contribution in [0.15, 0.2) is 217 Å². The van der Waals surface area contributed by atoms with Crippen molar-refractivity contribution in [2.24, 2.45) is 0 Å². The lowest BCUT2D eigenvalue weighted by molar-refractivity contribution is 0.708. The molecule has 0 heterocycles. The van der Waals surface area contributed by atoms with Gasteiger partial charge in [-0.1, -0.05) is 188 Å². The molecule has 0 saturated carbocycles. The van der Waals surface area contributed by atoms with E-state index < -0.39 is 0 Å². The van der Waals surface area contributed by atoms with E-state index in [4.69, 9.17) is 0 Å². The fourth-order valence-corrected chi connectivity index (χ4v) is 7.91. The summed E-state index contributed by atoms with van der Waals surface area (Å²) in [4.78, 5) is 2.51. The van der Waals surface area contributed by atoms with Crippen LogP contribution >= 0.6 is 0 Å². The van der Waals surface area contributed by atoms with Gasteiger partial charge in [0.2, 0.25) is 0 Å². The largest absolute Gasteiger partial charge is 0.338 e. The van der Waals surface area contributed by atoms with Crippen molar-refractivity contribution in [3.8, 4) is 33.4 Å². The molecule has 8 rings (SSSR count). The minimum absolute atomic E-state index is 0.144. The first-order valence-electron chi connectivity index (χ1n) is 19.7. The van der Waals surface area contributed by atoms with Gasteiger partial charge in [0, 0.05) is 17.4 Å². The molecule has 0 amide bonds. The van der Waals surface area contributed by atoms with E-state index in [9.17, 15) is 0 Å². The number of hydrogen-bond acceptors (Lipinski definition) is 1.